The second-order valence-electron chi connectivity index (χ2n) is 5.33. The van der Waals surface area contributed by atoms with E-state index in [4.69, 9.17) is 0 Å². The Labute approximate surface area is 143 Å². The summed E-state index contributed by atoms with van der Waals surface area (Å²) in [6, 6.07) is 7.81. The number of carbonyl (C=O) groups is 1. The Bertz CT molecular complexity index is 652. The van der Waals surface area contributed by atoms with Crippen molar-refractivity contribution in [2.75, 3.05) is 12.4 Å². The lowest BCUT2D eigenvalue weighted by Crippen LogP contribution is -2.39. The minimum Gasteiger partial charge on any atom is -0.301 e. The van der Waals surface area contributed by atoms with E-state index in [1.165, 1.54) is 11.3 Å². The van der Waals surface area contributed by atoms with E-state index in [0.29, 0.717) is 11.7 Å². The van der Waals surface area contributed by atoms with Gasteiger partial charge in [-0.05, 0) is 39.4 Å². The van der Waals surface area contributed by atoms with Gasteiger partial charge in [-0.3, -0.25) is 9.69 Å². The highest BCUT2D eigenvalue weighted by molar-refractivity contribution is 9.10. The molecule has 0 saturated carbocycles. The van der Waals surface area contributed by atoms with Gasteiger partial charge in [0.1, 0.15) is 0 Å². The zero-order valence-corrected chi connectivity index (χ0v) is 15.6. The molecule has 1 unspecified atom stereocenters. The molecule has 118 valence electrons. The molecule has 0 aliphatic heterocycles. The van der Waals surface area contributed by atoms with Crippen molar-refractivity contribution >= 4 is 38.3 Å². The highest BCUT2D eigenvalue weighted by Crippen LogP contribution is 2.22. The lowest BCUT2D eigenvalue weighted by Gasteiger charge is -2.24. The van der Waals surface area contributed by atoms with Gasteiger partial charge >= 0.3 is 0 Å². The number of hydrogen-bond donors (Lipinski definition) is 1. The first-order valence-electron chi connectivity index (χ1n) is 7.07. The number of halogens is 1. The van der Waals surface area contributed by atoms with Crippen molar-refractivity contribution in [3.63, 3.8) is 0 Å². The summed E-state index contributed by atoms with van der Waals surface area (Å²) in [5, 5.41) is 3.57. The van der Waals surface area contributed by atoms with E-state index in [-0.39, 0.29) is 11.9 Å². The molecule has 0 aliphatic carbocycles. The molecular weight excluding hydrogens is 362 g/mol. The molecule has 1 atom stereocenters. The fraction of sp³-hybridized carbons (Fsp3) is 0.375. The van der Waals surface area contributed by atoms with Gasteiger partial charge in [-0.2, -0.15) is 0 Å². The molecular formula is C16H20BrN3OS. The standard InChI is InChI=1S/C16H20BrN3OS/c1-10-12(3)22-16(18-10)19-15(21)11(2)20(4)9-13-7-5-6-8-14(13)17/h5-8,11H,9H2,1-4H3,(H,18,19,21). The van der Waals surface area contributed by atoms with Crippen LogP contribution in [0.2, 0.25) is 0 Å². The SMILES string of the molecule is Cc1nc(NC(=O)C(C)N(C)Cc2ccccc2Br)sc1C. The number of benzene rings is 1. The second-order valence-corrected chi connectivity index (χ2v) is 7.39. The fourth-order valence-electron chi connectivity index (χ4n) is 1.97. The third-order valence-corrected chi connectivity index (χ3v) is 5.44. The van der Waals surface area contributed by atoms with Crippen LogP contribution in [0.3, 0.4) is 0 Å². The van der Waals surface area contributed by atoms with Crippen molar-refractivity contribution < 1.29 is 4.79 Å². The summed E-state index contributed by atoms with van der Waals surface area (Å²) in [6.07, 6.45) is 0. The molecule has 0 spiro atoms. The highest BCUT2D eigenvalue weighted by atomic mass is 79.9. The average Bonchev–Trinajstić information content (AvgIpc) is 2.78. The predicted octanol–water partition coefficient (Wildman–Crippen LogP) is 3.98. The molecule has 1 heterocycles. The van der Waals surface area contributed by atoms with E-state index in [1.54, 1.807) is 0 Å². The Morgan fingerprint density at radius 3 is 2.68 bits per heavy atom. The van der Waals surface area contributed by atoms with Crippen LogP contribution in [0.15, 0.2) is 28.7 Å². The first-order chi connectivity index (χ1) is 10.4. The van der Waals surface area contributed by atoms with Gasteiger partial charge in [0.2, 0.25) is 5.91 Å². The van der Waals surface area contributed by atoms with Crippen molar-refractivity contribution in [3.05, 3.63) is 44.9 Å². The van der Waals surface area contributed by atoms with Crippen molar-refractivity contribution in [2.24, 2.45) is 0 Å². The molecule has 1 N–H and O–H groups in total. The van der Waals surface area contributed by atoms with Gasteiger partial charge in [-0.25, -0.2) is 4.98 Å². The smallest absolute Gasteiger partial charge is 0.243 e. The van der Waals surface area contributed by atoms with Gasteiger partial charge in [0.15, 0.2) is 5.13 Å². The summed E-state index contributed by atoms with van der Waals surface area (Å²) in [5.74, 6) is -0.0386. The van der Waals surface area contributed by atoms with Crippen molar-refractivity contribution in [1.82, 2.24) is 9.88 Å². The van der Waals surface area contributed by atoms with E-state index in [1.807, 2.05) is 50.9 Å². The Balaban J connectivity index is 1.99. The number of rotatable bonds is 5. The van der Waals surface area contributed by atoms with Crippen LogP contribution < -0.4 is 5.32 Å². The molecule has 1 amide bonds. The van der Waals surface area contributed by atoms with Crippen LogP contribution in [0.1, 0.15) is 23.1 Å². The molecule has 4 nitrogen and oxygen atoms in total. The molecule has 0 radical (unpaired) electrons. The molecule has 22 heavy (non-hydrogen) atoms. The number of hydrogen-bond acceptors (Lipinski definition) is 4. The first kappa shape index (κ1) is 17.1. The minimum atomic E-state index is -0.239. The molecule has 0 saturated heterocycles. The average molecular weight is 382 g/mol. The van der Waals surface area contributed by atoms with Gasteiger partial charge < -0.3 is 5.32 Å². The second kappa shape index (κ2) is 7.35. The summed E-state index contributed by atoms with van der Waals surface area (Å²) in [7, 11) is 1.95. The Morgan fingerprint density at radius 2 is 2.09 bits per heavy atom. The number of aryl methyl sites for hydroxylation is 2. The van der Waals surface area contributed by atoms with E-state index < -0.39 is 0 Å². The van der Waals surface area contributed by atoms with Gasteiger partial charge in [0, 0.05) is 15.9 Å². The highest BCUT2D eigenvalue weighted by Gasteiger charge is 2.20. The number of amides is 1. The normalized spacial score (nSPS) is 12.5. The quantitative estimate of drug-likeness (QED) is 0.851. The van der Waals surface area contributed by atoms with Crippen LogP contribution in [0.25, 0.3) is 0 Å². The Hall–Kier alpha value is -1.24. The van der Waals surface area contributed by atoms with E-state index >= 15 is 0 Å². The van der Waals surface area contributed by atoms with E-state index in [9.17, 15) is 4.79 Å². The fourth-order valence-corrected chi connectivity index (χ4v) is 3.20. The maximum Gasteiger partial charge on any atom is 0.243 e. The van der Waals surface area contributed by atoms with Crippen LogP contribution in [0, 0.1) is 13.8 Å². The molecule has 6 heteroatoms. The Kier molecular flexibility index (Phi) is 5.72. The van der Waals surface area contributed by atoms with Crippen LogP contribution in [0.4, 0.5) is 5.13 Å². The van der Waals surface area contributed by atoms with Gasteiger partial charge in [-0.1, -0.05) is 34.1 Å². The molecule has 0 fully saturated rings. The summed E-state index contributed by atoms with van der Waals surface area (Å²) < 4.78 is 1.06. The van der Waals surface area contributed by atoms with E-state index in [0.717, 1.165) is 20.6 Å². The molecule has 2 rings (SSSR count). The topological polar surface area (TPSA) is 45.2 Å². The maximum absolute atomic E-state index is 12.4. The molecule has 1 aromatic carbocycles. The summed E-state index contributed by atoms with van der Waals surface area (Å²) in [6.45, 7) is 6.56. The number of likely N-dealkylation sites (N-methyl/N-ethyl adjacent to an activating group) is 1. The number of carbonyl (C=O) groups excluding carboxylic acids is 1. The lowest BCUT2D eigenvalue weighted by atomic mass is 10.2. The van der Waals surface area contributed by atoms with Gasteiger partial charge in [0.25, 0.3) is 0 Å². The van der Waals surface area contributed by atoms with Crippen LogP contribution in [-0.2, 0) is 11.3 Å². The number of aromatic nitrogens is 1. The van der Waals surface area contributed by atoms with Crippen molar-refractivity contribution in [1.29, 1.82) is 0 Å². The summed E-state index contributed by atoms with van der Waals surface area (Å²) >= 11 is 5.05. The zero-order chi connectivity index (χ0) is 16.3. The van der Waals surface area contributed by atoms with Crippen molar-refractivity contribution in [3.8, 4) is 0 Å². The third kappa shape index (κ3) is 4.15. The van der Waals surface area contributed by atoms with E-state index in [2.05, 4.69) is 32.3 Å². The summed E-state index contributed by atoms with van der Waals surface area (Å²) in [5.41, 5.74) is 2.13. The Morgan fingerprint density at radius 1 is 1.41 bits per heavy atom. The first-order valence-corrected chi connectivity index (χ1v) is 8.68. The molecule has 0 bridgehead atoms. The molecule has 0 aliphatic rings. The third-order valence-electron chi connectivity index (χ3n) is 3.68. The van der Waals surface area contributed by atoms with Crippen LogP contribution in [-0.4, -0.2) is 28.9 Å². The summed E-state index contributed by atoms with van der Waals surface area (Å²) in [4.78, 5) is 19.8. The molecule has 2 aromatic rings. The number of nitrogens with zero attached hydrogens (tertiary/aromatic N) is 2. The molecule has 1 aromatic heterocycles. The number of anilines is 1. The van der Waals surface area contributed by atoms with Crippen LogP contribution >= 0.6 is 27.3 Å². The van der Waals surface area contributed by atoms with Gasteiger partial charge in [0.05, 0.1) is 11.7 Å². The number of thiazole rings is 1. The number of nitrogens with one attached hydrogen (secondary N) is 1. The van der Waals surface area contributed by atoms with Crippen molar-refractivity contribution in [2.45, 2.75) is 33.4 Å². The largest absolute Gasteiger partial charge is 0.301 e. The van der Waals surface area contributed by atoms with Crippen LogP contribution in [0.5, 0.6) is 0 Å². The lowest BCUT2D eigenvalue weighted by molar-refractivity contribution is -0.120. The monoisotopic (exact) mass is 381 g/mol. The minimum absolute atomic E-state index is 0.0386. The zero-order valence-electron chi connectivity index (χ0n) is 13.2. The maximum atomic E-state index is 12.4. The predicted molar refractivity (Wildman–Crippen MR) is 95.3 cm³/mol. The van der Waals surface area contributed by atoms with Gasteiger partial charge in [-0.15, -0.1) is 11.3 Å².